The number of benzene rings is 2. The van der Waals surface area contributed by atoms with E-state index in [2.05, 4.69) is 68.6 Å². The number of hydrogen-bond acceptors (Lipinski definition) is 2. The Kier molecular flexibility index (Phi) is 5.27. The molecule has 0 radical (unpaired) electrons. The Balaban J connectivity index is 2.14. The van der Waals surface area contributed by atoms with Crippen molar-refractivity contribution in [1.29, 1.82) is 0 Å². The number of hydrogen-bond donors (Lipinski definition) is 1. The van der Waals surface area contributed by atoms with Gasteiger partial charge in [-0.05, 0) is 62.2 Å². The molecular formula is C18H23NS. The van der Waals surface area contributed by atoms with Gasteiger partial charge in [0, 0.05) is 16.7 Å². The van der Waals surface area contributed by atoms with Crippen LogP contribution in [0.5, 0.6) is 0 Å². The summed E-state index contributed by atoms with van der Waals surface area (Å²) in [6.45, 7) is 6.58. The number of nitrogens with one attached hydrogen (secondary N) is 1. The zero-order valence-electron chi connectivity index (χ0n) is 12.7. The third-order valence-corrected chi connectivity index (χ3v) is 4.87. The topological polar surface area (TPSA) is 12.0 Å². The van der Waals surface area contributed by atoms with E-state index in [1.54, 1.807) is 0 Å². The molecule has 1 unspecified atom stereocenters. The highest BCUT2D eigenvalue weighted by atomic mass is 32.2. The second-order valence-electron chi connectivity index (χ2n) is 5.26. The standard InChI is InChI=1S/C18H23NS/c1-13-10-15(3)17(11-14(13)2)18(19-4)12-20-16-8-6-5-7-9-16/h5-11,18-19H,12H2,1-4H3. The predicted octanol–water partition coefficient (Wildman–Crippen LogP) is 4.66. The Morgan fingerprint density at radius 3 is 2.25 bits per heavy atom. The van der Waals surface area contributed by atoms with Crippen LogP contribution >= 0.6 is 11.8 Å². The van der Waals surface area contributed by atoms with E-state index < -0.39 is 0 Å². The molecule has 1 N–H and O–H groups in total. The first-order valence-electron chi connectivity index (χ1n) is 7.04. The van der Waals surface area contributed by atoms with Crippen LogP contribution in [0.4, 0.5) is 0 Å². The minimum absolute atomic E-state index is 0.388. The fourth-order valence-electron chi connectivity index (χ4n) is 2.38. The average molecular weight is 285 g/mol. The quantitative estimate of drug-likeness (QED) is 0.802. The number of aryl methyl sites for hydroxylation is 3. The Labute approximate surface area is 126 Å². The van der Waals surface area contributed by atoms with Crippen molar-refractivity contribution in [3.05, 3.63) is 64.7 Å². The van der Waals surface area contributed by atoms with Gasteiger partial charge in [0.1, 0.15) is 0 Å². The highest BCUT2D eigenvalue weighted by Gasteiger charge is 2.13. The van der Waals surface area contributed by atoms with Gasteiger partial charge in [0.15, 0.2) is 0 Å². The Hall–Kier alpha value is -1.25. The molecule has 0 aliphatic rings. The summed E-state index contributed by atoms with van der Waals surface area (Å²) in [5.41, 5.74) is 5.53. The van der Waals surface area contributed by atoms with Crippen LogP contribution in [0.25, 0.3) is 0 Å². The van der Waals surface area contributed by atoms with E-state index in [-0.39, 0.29) is 0 Å². The molecule has 0 spiro atoms. The zero-order valence-corrected chi connectivity index (χ0v) is 13.6. The van der Waals surface area contributed by atoms with E-state index in [4.69, 9.17) is 0 Å². The zero-order chi connectivity index (χ0) is 14.5. The largest absolute Gasteiger partial charge is 0.312 e. The van der Waals surface area contributed by atoms with Gasteiger partial charge in [0.2, 0.25) is 0 Å². The Morgan fingerprint density at radius 2 is 1.60 bits per heavy atom. The van der Waals surface area contributed by atoms with E-state index in [9.17, 15) is 0 Å². The maximum absolute atomic E-state index is 3.46. The van der Waals surface area contributed by atoms with Crippen LogP contribution in [0, 0.1) is 20.8 Å². The third kappa shape index (κ3) is 3.65. The SMILES string of the molecule is CNC(CSc1ccccc1)c1cc(C)c(C)cc1C. The molecule has 20 heavy (non-hydrogen) atoms. The first-order chi connectivity index (χ1) is 9.61. The van der Waals surface area contributed by atoms with Gasteiger partial charge in [-0.2, -0.15) is 0 Å². The lowest BCUT2D eigenvalue weighted by Crippen LogP contribution is -2.20. The molecule has 0 aliphatic heterocycles. The third-order valence-electron chi connectivity index (χ3n) is 3.77. The normalized spacial score (nSPS) is 12.4. The van der Waals surface area contributed by atoms with Crippen molar-refractivity contribution in [2.75, 3.05) is 12.8 Å². The van der Waals surface area contributed by atoms with Crippen LogP contribution in [0.1, 0.15) is 28.3 Å². The molecule has 0 saturated heterocycles. The summed E-state index contributed by atoms with van der Waals surface area (Å²) in [6.07, 6.45) is 0. The smallest absolute Gasteiger partial charge is 0.0415 e. The fourth-order valence-corrected chi connectivity index (χ4v) is 3.44. The second-order valence-corrected chi connectivity index (χ2v) is 6.35. The van der Waals surface area contributed by atoms with Gasteiger partial charge in [-0.1, -0.05) is 30.3 Å². The Bertz CT molecular complexity index is 563. The molecule has 2 rings (SSSR count). The molecule has 1 nitrogen and oxygen atoms in total. The van der Waals surface area contributed by atoms with Crippen molar-refractivity contribution in [3.63, 3.8) is 0 Å². The second kappa shape index (κ2) is 6.96. The Morgan fingerprint density at radius 1 is 0.950 bits per heavy atom. The van der Waals surface area contributed by atoms with Gasteiger partial charge in [-0.15, -0.1) is 11.8 Å². The minimum Gasteiger partial charge on any atom is -0.312 e. The van der Waals surface area contributed by atoms with Crippen molar-refractivity contribution >= 4 is 11.8 Å². The lowest BCUT2D eigenvalue weighted by atomic mass is 9.96. The molecule has 0 amide bonds. The minimum atomic E-state index is 0.388. The predicted molar refractivity (Wildman–Crippen MR) is 89.6 cm³/mol. The first-order valence-corrected chi connectivity index (χ1v) is 8.03. The molecule has 2 aromatic carbocycles. The van der Waals surface area contributed by atoms with Crippen LogP contribution in [-0.2, 0) is 0 Å². The van der Waals surface area contributed by atoms with Crippen LogP contribution in [0.2, 0.25) is 0 Å². The van der Waals surface area contributed by atoms with E-state index in [0.717, 1.165) is 5.75 Å². The summed E-state index contributed by atoms with van der Waals surface area (Å²) in [7, 11) is 2.05. The molecule has 0 saturated carbocycles. The lowest BCUT2D eigenvalue weighted by Gasteiger charge is -2.20. The summed E-state index contributed by atoms with van der Waals surface area (Å²) in [6, 6.07) is 15.6. The molecule has 2 heteroatoms. The highest BCUT2D eigenvalue weighted by Crippen LogP contribution is 2.27. The molecule has 106 valence electrons. The van der Waals surface area contributed by atoms with Crippen LogP contribution in [0.15, 0.2) is 47.4 Å². The molecular weight excluding hydrogens is 262 g/mol. The molecule has 1 atom stereocenters. The van der Waals surface area contributed by atoms with Gasteiger partial charge >= 0.3 is 0 Å². The molecule has 0 bridgehead atoms. The van der Waals surface area contributed by atoms with E-state index >= 15 is 0 Å². The summed E-state index contributed by atoms with van der Waals surface area (Å²) < 4.78 is 0. The van der Waals surface area contributed by atoms with Gasteiger partial charge in [-0.3, -0.25) is 0 Å². The van der Waals surface area contributed by atoms with E-state index in [0.29, 0.717) is 6.04 Å². The van der Waals surface area contributed by atoms with E-state index in [1.807, 2.05) is 18.8 Å². The molecule has 2 aromatic rings. The van der Waals surface area contributed by atoms with Gasteiger partial charge in [0.25, 0.3) is 0 Å². The van der Waals surface area contributed by atoms with Gasteiger partial charge in [0.05, 0.1) is 0 Å². The van der Waals surface area contributed by atoms with Crippen LogP contribution < -0.4 is 5.32 Å². The monoisotopic (exact) mass is 285 g/mol. The maximum Gasteiger partial charge on any atom is 0.0415 e. The molecule has 0 aliphatic carbocycles. The average Bonchev–Trinajstić information content (AvgIpc) is 2.46. The molecule has 0 heterocycles. The summed E-state index contributed by atoms with van der Waals surface area (Å²) in [5.74, 6) is 1.05. The summed E-state index contributed by atoms with van der Waals surface area (Å²) in [5, 5.41) is 3.46. The summed E-state index contributed by atoms with van der Waals surface area (Å²) in [4.78, 5) is 1.33. The van der Waals surface area contributed by atoms with Gasteiger partial charge < -0.3 is 5.32 Å². The fraction of sp³-hybridized carbons (Fsp3) is 0.333. The molecule has 0 aromatic heterocycles. The van der Waals surface area contributed by atoms with Crippen molar-refractivity contribution in [3.8, 4) is 0 Å². The number of thioether (sulfide) groups is 1. The van der Waals surface area contributed by atoms with E-state index in [1.165, 1.54) is 27.1 Å². The molecule has 0 fully saturated rings. The number of rotatable bonds is 5. The first kappa shape index (κ1) is 15.1. The highest BCUT2D eigenvalue weighted by molar-refractivity contribution is 7.99. The van der Waals surface area contributed by atoms with Crippen molar-refractivity contribution in [2.24, 2.45) is 0 Å². The van der Waals surface area contributed by atoms with Crippen LogP contribution in [-0.4, -0.2) is 12.8 Å². The van der Waals surface area contributed by atoms with Crippen LogP contribution in [0.3, 0.4) is 0 Å². The van der Waals surface area contributed by atoms with Gasteiger partial charge in [-0.25, -0.2) is 0 Å². The maximum atomic E-state index is 3.46. The van der Waals surface area contributed by atoms with Crippen molar-refractivity contribution in [2.45, 2.75) is 31.7 Å². The van der Waals surface area contributed by atoms with Crippen molar-refractivity contribution < 1.29 is 0 Å². The van der Waals surface area contributed by atoms with Crippen molar-refractivity contribution in [1.82, 2.24) is 5.32 Å². The summed E-state index contributed by atoms with van der Waals surface area (Å²) >= 11 is 1.90. The lowest BCUT2D eigenvalue weighted by molar-refractivity contribution is 0.657.